The Bertz CT molecular complexity index is 1150. The van der Waals surface area contributed by atoms with Crippen LogP contribution in [0.5, 0.6) is 0 Å². The Morgan fingerprint density at radius 2 is 1.54 bits per heavy atom. The number of nitrogens with two attached hydrogens (primary N) is 1. The molecule has 3 aromatic rings. The lowest BCUT2D eigenvalue weighted by Crippen LogP contribution is -2.49. The highest BCUT2D eigenvalue weighted by Crippen LogP contribution is 2.35. The predicted molar refractivity (Wildman–Crippen MR) is 144 cm³/mol. The highest BCUT2D eigenvalue weighted by Gasteiger charge is 2.36. The molecule has 1 aromatic heterocycles. The Morgan fingerprint density at radius 1 is 0.919 bits per heavy atom. The molecular weight excluding hydrogens is 467 g/mol. The van der Waals surface area contributed by atoms with E-state index in [4.69, 9.17) is 5.73 Å². The van der Waals surface area contributed by atoms with Gasteiger partial charge in [-0.1, -0.05) is 54.6 Å². The van der Waals surface area contributed by atoms with Crippen molar-refractivity contribution in [3.8, 4) is 0 Å². The minimum absolute atomic E-state index is 0.00419. The van der Waals surface area contributed by atoms with Crippen molar-refractivity contribution in [2.45, 2.75) is 64.1 Å². The van der Waals surface area contributed by atoms with Gasteiger partial charge in [-0.05, 0) is 62.9 Å². The highest BCUT2D eigenvalue weighted by molar-refractivity contribution is 5.85. The Hall–Kier alpha value is -3.58. The van der Waals surface area contributed by atoms with Crippen molar-refractivity contribution in [1.29, 1.82) is 0 Å². The van der Waals surface area contributed by atoms with Crippen molar-refractivity contribution in [3.63, 3.8) is 0 Å². The van der Waals surface area contributed by atoms with Crippen LogP contribution in [0.3, 0.4) is 0 Å². The first-order valence-electron chi connectivity index (χ1n) is 12.7. The van der Waals surface area contributed by atoms with Crippen LogP contribution in [0.4, 0.5) is 4.39 Å². The number of hydrogen-bond acceptors (Lipinski definition) is 4. The average Bonchev–Trinajstić information content (AvgIpc) is 2.87. The summed E-state index contributed by atoms with van der Waals surface area (Å²) < 4.78 is 14.3. The van der Waals surface area contributed by atoms with E-state index < -0.39 is 17.9 Å². The number of carbonyl (C=O) groups excluding carboxylic acids is 2. The first kappa shape index (κ1) is 28.0. The smallest absolute Gasteiger partial charge is 0.234 e. The minimum atomic E-state index is -0.806. The first-order chi connectivity index (χ1) is 17.7. The van der Waals surface area contributed by atoms with Gasteiger partial charge in [0.2, 0.25) is 11.8 Å². The zero-order valence-electron chi connectivity index (χ0n) is 22.0. The molecule has 0 aliphatic heterocycles. The molecule has 3 N–H and O–H groups in total. The Balaban J connectivity index is 2.01. The number of pyridine rings is 1. The number of carbonyl (C=O) groups is 2. The molecule has 1 heterocycles. The van der Waals surface area contributed by atoms with E-state index in [1.807, 2.05) is 75.1 Å². The number of nitrogens with zero attached hydrogens (tertiary/aromatic N) is 2. The second-order valence-electron chi connectivity index (χ2n) is 9.87. The van der Waals surface area contributed by atoms with Gasteiger partial charge in [0.1, 0.15) is 5.82 Å². The predicted octanol–water partition coefficient (Wildman–Crippen LogP) is 4.42. The number of primary amides is 1. The molecule has 2 amide bonds. The zero-order chi connectivity index (χ0) is 26.9. The molecule has 0 fully saturated rings. The Morgan fingerprint density at radius 3 is 2.11 bits per heavy atom. The topological polar surface area (TPSA) is 88.3 Å². The summed E-state index contributed by atoms with van der Waals surface area (Å²) in [4.78, 5) is 32.7. The number of nitrogens with one attached hydrogen (secondary N) is 1. The van der Waals surface area contributed by atoms with Crippen LogP contribution in [-0.4, -0.2) is 46.4 Å². The number of rotatable bonds is 12. The molecule has 2 unspecified atom stereocenters. The largest absolute Gasteiger partial charge is 0.368 e. The van der Waals surface area contributed by atoms with Gasteiger partial charge in [0.15, 0.2) is 0 Å². The second-order valence-corrected chi connectivity index (χ2v) is 9.87. The van der Waals surface area contributed by atoms with Crippen LogP contribution in [0.1, 0.15) is 56.2 Å². The van der Waals surface area contributed by atoms with Crippen LogP contribution in [0, 0.1) is 5.82 Å². The van der Waals surface area contributed by atoms with Crippen LogP contribution in [-0.2, 0) is 16.0 Å². The molecule has 7 heteroatoms. The van der Waals surface area contributed by atoms with Crippen molar-refractivity contribution in [2.75, 3.05) is 6.54 Å². The summed E-state index contributed by atoms with van der Waals surface area (Å²) in [7, 11) is 0. The maximum Gasteiger partial charge on any atom is 0.234 e. The summed E-state index contributed by atoms with van der Waals surface area (Å²) >= 11 is 0. The van der Waals surface area contributed by atoms with E-state index in [1.165, 1.54) is 6.07 Å². The Kier molecular flexibility index (Phi) is 9.92. The fourth-order valence-corrected chi connectivity index (χ4v) is 4.93. The molecule has 0 aliphatic carbocycles. The third-order valence-electron chi connectivity index (χ3n) is 6.62. The second kappa shape index (κ2) is 13.1. The van der Waals surface area contributed by atoms with Gasteiger partial charge >= 0.3 is 0 Å². The van der Waals surface area contributed by atoms with E-state index in [0.29, 0.717) is 5.56 Å². The van der Waals surface area contributed by atoms with Gasteiger partial charge in [-0.25, -0.2) is 4.39 Å². The summed E-state index contributed by atoms with van der Waals surface area (Å²) in [5.41, 5.74) is 7.86. The molecule has 196 valence electrons. The van der Waals surface area contributed by atoms with Gasteiger partial charge in [0.25, 0.3) is 0 Å². The normalized spacial score (nSPS) is 13.8. The maximum atomic E-state index is 14.3. The molecule has 0 spiro atoms. The average molecular weight is 505 g/mol. The van der Waals surface area contributed by atoms with Crippen molar-refractivity contribution >= 4 is 11.8 Å². The monoisotopic (exact) mass is 504 g/mol. The summed E-state index contributed by atoms with van der Waals surface area (Å²) in [5.74, 6) is -1.87. The molecule has 0 aliphatic rings. The van der Waals surface area contributed by atoms with Crippen LogP contribution in [0.15, 0.2) is 79.1 Å². The molecule has 37 heavy (non-hydrogen) atoms. The standard InChI is InChI=1S/C30H37FN4O2/c1-20(2)35(21(3)4)30(37)28(24-14-10-16-33-18-24)25(22-11-6-5-7-12-22)19-34-27(29(32)36)17-23-13-8-9-15-26(23)31/h5-16,18,20-21,25,27-28,34H,17,19H2,1-4H3,(H2,32,36)/t25?,27-,28?/m0/s1. The highest BCUT2D eigenvalue weighted by atomic mass is 19.1. The van der Waals surface area contributed by atoms with Crippen LogP contribution in [0.25, 0.3) is 0 Å². The van der Waals surface area contributed by atoms with Gasteiger partial charge in [-0.3, -0.25) is 14.6 Å². The third kappa shape index (κ3) is 7.23. The van der Waals surface area contributed by atoms with Gasteiger partial charge in [0.05, 0.1) is 12.0 Å². The van der Waals surface area contributed by atoms with Crippen molar-refractivity contribution in [2.24, 2.45) is 5.73 Å². The van der Waals surface area contributed by atoms with Crippen LogP contribution < -0.4 is 11.1 Å². The first-order valence-corrected chi connectivity index (χ1v) is 12.7. The van der Waals surface area contributed by atoms with E-state index in [9.17, 15) is 14.0 Å². The Labute approximate surface area is 219 Å². The van der Waals surface area contributed by atoms with Crippen LogP contribution >= 0.6 is 0 Å². The summed E-state index contributed by atoms with van der Waals surface area (Å²) in [6.45, 7) is 8.30. The molecule has 0 bridgehead atoms. The van der Waals surface area contributed by atoms with Gasteiger partial charge < -0.3 is 16.0 Å². The quantitative estimate of drug-likeness (QED) is 0.382. The number of benzene rings is 2. The summed E-state index contributed by atoms with van der Waals surface area (Å²) in [6.07, 6.45) is 3.52. The lowest BCUT2D eigenvalue weighted by atomic mass is 9.80. The van der Waals surface area contributed by atoms with E-state index in [1.54, 1.807) is 30.6 Å². The molecule has 2 aromatic carbocycles. The van der Waals surface area contributed by atoms with Gasteiger partial charge in [-0.2, -0.15) is 0 Å². The zero-order valence-corrected chi connectivity index (χ0v) is 22.0. The van der Waals surface area contributed by atoms with E-state index in [0.717, 1.165) is 11.1 Å². The molecule has 0 radical (unpaired) electrons. The van der Waals surface area contributed by atoms with E-state index >= 15 is 0 Å². The van der Waals surface area contributed by atoms with Crippen LogP contribution in [0.2, 0.25) is 0 Å². The molecule has 0 saturated carbocycles. The lowest BCUT2D eigenvalue weighted by molar-refractivity contribution is -0.137. The van der Waals surface area contributed by atoms with E-state index in [-0.39, 0.29) is 42.7 Å². The maximum absolute atomic E-state index is 14.3. The number of amides is 2. The SMILES string of the molecule is CC(C)N(C(=O)C(c1cccnc1)C(CN[C@@H](Cc1ccccc1F)C(N)=O)c1ccccc1)C(C)C. The third-order valence-corrected chi connectivity index (χ3v) is 6.62. The minimum Gasteiger partial charge on any atom is -0.368 e. The van der Waals surface area contributed by atoms with Crippen molar-refractivity contribution in [1.82, 2.24) is 15.2 Å². The number of aromatic nitrogens is 1. The fourth-order valence-electron chi connectivity index (χ4n) is 4.93. The molecule has 3 rings (SSSR count). The lowest BCUT2D eigenvalue weighted by Gasteiger charge is -2.37. The number of hydrogen-bond donors (Lipinski definition) is 2. The van der Waals surface area contributed by atoms with Crippen molar-refractivity contribution < 1.29 is 14.0 Å². The van der Waals surface area contributed by atoms with Gasteiger partial charge in [0, 0.05) is 36.9 Å². The summed E-state index contributed by atoms with van der Waals surface area (Å²) in [6, 6.07) is 19.0. The molecular formula is C30H37FN4O2. The number of halogens is 1. The molecule has 3 atom stereocenters. The van der Waals surface area contributed by atoms with Crippen molar-refractivity contribution in [3.05, 3.63) is 102 Å². The summed E-state index contributed by atoms with van der Waals surface area (Å²) in [5, 5.41) is 3.26. The molecule has 0 saturated heterocycles. The fraction of sp³-hybridized carbons (Fsp3) is 0.367. The molecule has 6 nitrogen and oxygen atoms in total. The van der Waals surface area contributed by atoms with Gasteiger partial charge in [-0.15, -0.1) is 0 Å². The van der Waals surface area contributed by atoms with E-state index in [2.05, 4.69) is 10.3 Å².